The van der Waals surface area contributed by atoms with Crippen molar-refractivity contribution in [2.24, 2.45) is 22.7 Å². The molecular weight excluding hydrogens is 650 g/mol. The minimum Gasteiger partial charge on any atom is -0.368 e. The molecule has 6 heterocycles. The highest BCUT2D eigenvalue weighted by atomic mass is 79.9. The summed E-state index contributed by atoms with van der Waals surface area (Å²) in [6.07, 6.45) is 8.07. The van der Waals surface area contributed by atoms with Gasteiger partial charge in [-0.15, -0.1) is 22.7 Å². The number of anilines is 1. The van der Waals surface area contributed by atoms with Crippen LogP contribution in [0.3, 0.4) is 0 Å². The van der Waals surface area contributed by atoms with Crippen LogP contribution in [0.25, 0.3) is 0 Å². The van der Waals surface area contributed by atoms with Crippen molar-refractivity contribution in [2.75, 3.05) is 31.1 Å². The third-order valence-electron chi connectivity index (χ3n) is 8.05. The van der Waals surface area contributed by atoms with Gasteiger partial charge >= 0.3 is 0 Å². The van der Waals surface area contributed by atoms with Crippen LogP contribution in [0.5, 0.6) is 0 Å². The molecule has 1 N–H and O–H groups in total. The standard InChI is InChI=1S/C16H14FN3S.C11H12N2S.C5H3BrFN/c1-11-19-14(9-21-11)2-3-16-5-12(16)8-20(10-16)15-4-13(17)6-18-7-15;1-8-13-10(6-14-8)2-3-11-4-9(11)5-12-7-11;6-4-1-5(7)3-8-2-4/h4,6-7,9,12H,5,8,10H2,1H3;6,9,12H,4-5,7H2,1H3;1-3H. The number of pyridine rings is 2. The second kappa shape index (κ2) is 12.4. The zero-order valence-corrected chi connectivity index (χ0v) is 26.9. The Bertz CT molecular complexity index is 1740. The number of hydrogen-bond acceptors (Lipinski definition) is 8. The first-order chi connectivity index (χ1) is 20.7. The molecule has 4 unspecified atom stereocenters. The molecule has 0 aromatic carbocycles. The van der Waals surface area contributed by atoms with Gasteiger partial charge in [0.2, 0.25) is 0 Å². The zero-order valence-electron chi connectivity index (χ0n) is 23.7. The van der Waals surface area contributed by atoms with Gasteiger partial charge in [-0.3, -0.25) is 9.97 Å². The van der Waals surface area contributed by atoms with Crippen molar-refractivity contribution in [3.63, 3.8) is 0 Å². The van der Waals surface area contributed by atoms with E-state index in [1.807, 2.05) is 24.6 Å². The molecule has 220 valence electrons. The quantitative estimate of drug-likeness (QED) is 0.240. The fourth-order valence-electron chi connectivity index (χ4n) is 5.58. The van der Waals surface area contributed by atoms with E-state index in [1.165, 1.54) is 24.9 Å². The van der Waals surface area contributed by atoms with Gasteiger partial charge in [0.15, 0.2) is 0 Å². The molecule has 11 heteroatoms. The normalized spacial score (nSPS) is 25.4. The predicted molar refractivity (Wildman–Crippen MR) is 170 cm³/mol. The minimum absolute atomic E-state index is 0.0733. The van der Waals surface area contributed by atoms with Crippen LogP contribution < -0.4 is 10.2 Å². The average Bonchev–Trinajstić information content (AvgIpc) is 3.44. The fraction of sp³-hybridized carbons (Fsp3) is 0.375. The van der Waals surface area contributed by atoms with Crippen LogP contribution in [0.15, 0.2) is 52.2 Å². The summed E-state index contributed by atoms with van der Waals surface area (Å²) >= 11 is 6.35. The van der Waals surface area contributed by atoms with Crippen LogP contribution in [0.4, 0.5) is 14.5 Å². The highest BCUT2D eigenvalue weighted by molar-refractivity contribution is 9.10. The van der Waals surface area contributed by atoms with E-state index in [0.29, 0.717) is 15.8 Å². The molecule has 4 atom stereocenters. The SMILES string of the molecule is Cc1nc(C#CC23CC2CN(c2cncc(F)c2)C3)cs1.Cc1nc(C#CC23CNCC2C3)cs1.Fc1cncc(Br)c1. The summed E-state index contributed by atoms with van der Waals surface area (Å²) in [7, 11) is 0. The highest BCUT2D eigenvalue weighted by Crippen LogP contribution is 2.58. The topological polar surface area (TPSA) is 66.8 Å². The monoisotopic (exact) mass is 678 g/mol. The lowest BCUT2D eigenvalue weighted by Gasteiger charge is -2.20. The fourth-order valence-corrected chi connectivity index (χ4v) is 7.01. The largest absolute Gasteiger partial charge is 0.368 e. The van der Waals surface area contributed by atoms with E-state index in [4.69, 9.17) is 0 Å². The lowest BCUT2D eigenvalue weighted by molar-refractivity contribution is 0.619. The number of nitrogens with zero attached hydrogens (tertiary/aromatic N) is 5. The van der Waals surface area contributed by atoms with Crippen molar-refractivity contribution in [2.45, 2.75) is 26.7 Å². The average molecular weight is 680 g/mol. The summed E-state index contributed by atoms with van der Waals surface area (Å²) in [5.41, 5.74) is 3.05. The van der Waals surface area contributed by atoms with Crippen molar-refractivity contribution in [3.05, 3.63) is 85.2 Å². The van der Waals surface area contributed by atoms with Crippen molar-refractivity contribution < 1.29 is 8.78 Å². The summed E-state index contributed by atoms with van der Waals surface area (Å²) in [6.45, 7) is 8.04. The molecule has 0 radical (unpaired) electrons. The zero-order chi connectivity index (χ0) is 30.0. The number of rotatable bonds is 1. The Balaban J connectivity index is 0.000000128. The summed E-state index contributed by atoms with van der Waals surface area (Å²) < 4.78 is 26.0. The molecular formula is C32H29BrF2N6S2. The van der Waals surface area contributed by atoms with Gasteiger partial charge in [-0.25, -0.2) is 18.7 Å². The van der Waals surface area contributed by atoms with Gasteiger partial charge in [-0.1, -0.05) is 11.8 Å². The molecule has 43 heavy (non-hydrogen) atoms. The number of piperidine rings is 2. The van der Waals surface area contributed by atoms with E-state index < -0.39 is 0 Å². The lowest BCUT2D eigenvalue weighted by Crippen LogP contribution is -2.24. The second-order valence-corrected chi connectivity index (χ2v) is 14.4. The van der Waals surface area contributed by atoms with E-state index in [0.717, 1.165) is 71.8 Å². The van der Waals surface area contributed by atoms with Crippen molar-refractivity contribution in [3.8, 4) is 23.7 Å². The van der Waals surface area contributed by atoms with E-state index >= 15 is 0 Å². The number of thiazole rings is 2. The molecule has 2 aliphatic heterocycles. The van der Waals surface area contributed by atoms with Crippen LogP contribution in [0.2, 0.25) is 0 Å². The first-order valence-electron chi connectivity index (χ1n) is 13.9. The summed E-state index contributed by atoms with van der Waals surface area (Å²) in [4.78, 5) is 18.4. The molecule has 4 aromatic heterocycles. The summed E-state index contributed by atoms with van der Waals surface area (Å²) in [5, 5.41) is 9.57. The van der Waals surface area contributed by atoms with E-state index in [1.54, 1.807) is 34.9 Å². The Hall–Kier alpha value is -3.22. The molecule has 0 amide bonds. The highest BCUT2D eigenvalue weighted by Gasteiger charge is 2.59. The van der Waals surface area contributed by atoms with E-state index in [-0.39, 0.29) is 17.0 Å². The Morgan fingerprint density at radius 1 is 0.884 bits per heavy atom. The summed E-state index contributed by atoms with van der Waals surface area (Å²) in [5.74, 6) is 14.0. The molecule has 0 spiro atoms. The van der Waals surface area contributed by atoms with Gasteiger partial charge in [0.1, 0.15) is 23.0 Å². The molecule has 4 aliphatic rings. The van der Waals surface area contributed by atoms with Gasteiger partial charge in [0, 0.05) is 52.5 Å². The van der Waals surface area contributed by atoms with Crippen LogP contribution in [0.1, 0.15) is 34.2 Å². The smallest absolute Gasteiger partial charge is 0.143 e. The van der Waals surface area contributed by atoms with Gasteiger partial charge in [-0.05, 0) is 78.9 Å². The van der Waals surface area contributed by atoms with Gasteiger partial charge in [0.25, 0.3) is 0 Å². The molecule has 2 saturated carbocycles. The Labute approximate surface area is 266 Å². The number of fused-ring (bicyclic) bond motifs is 2. The van der Waals surface area contributed by atoms with Crippen molar-refractivity contribution in [1.82, 2.24) is 25.3 Å². The van der Waals surface area contributed by atoms with Gasteiger partial charge < -0.3 is 10.2 Å². The van der Waals surface area contributed by atoms with Crippen LogP contribution in [-0.2, 0) is 0 Å². The maximum Gasteiger partial charge on any atom is 0.143 e. The van der Waals surface area contributed by atoms with Crippen LogP contribution in [-0.4, -0.2) is 46.1 Å². The maximum atomic E-state index is 13.3. The number of nitrogens with one attached hydrogen (secondary N) is 1. The third kappa shape index (κ3) is 7.30. The number of aryl methyl sites for hydroxylation is 2. The Morgan fingerprint density at radius 3 is 2.02 bits per heavy atom. The first-order valence-corrected chi connectivity index (χ1v) is 16.5. The lowest BCUT2D eigenvalue weighted by atomic mass is 10.1. The number of halogens is 3. The number of aromatic nitrogens is 4. The molecule has 2 saturated heterocycles. The maximum absolute atomic E-state index is 13.3. The molecule has 8 rings (SSSR count). The van der Waals surface area contributed by atoms with Gasteiger partial charge in [-0.2, -0.15) is 0 Å². The minimum atomic E-state index is -0.320. The van der Waals surface area contributed by atoms with E-state index in [2.05, 4.69) is 69.8 Å². The van der Waals surface area contributed by atoms with Crippen LogP contribution >= 0.6 is 38.6 Å². The molecule has 4 fully saturated rings. The number of hydrogen-bond donors (Lipinski definition) is 1. The Kier molecular flexibility index (Phi) is 8.61. The first kappa shape index (κ1) is 29.8. The molecule has 2 aliphatic carbocycles. The molecule has 0 bridgehead atoms. The van der Waals surface area contributed by atoms with Crippen molar-refractivity contribution >= 4 is 44.3 Å². The summed E-state index contributed by atoms with van der Waals surface area (Å²) in [6, 6.07) is 2.90. The molecule has 6 nitrogen and oxygen atoms in total. The van der Waals surface area contributed by atoms with E-state index in [9.17, 15) is 8.78 Å². The second-order valence-electron chi connectivity index (χ2n) is 11.3. The third-order valence-corrected chi connectivity index (χ3v) is 10.0. The van der Waals surface area contributed by atoms with Crippen LogP contribution in [0, 0.1) is 71.8 Å². The molecule has 4 aromatic rings. The van der Waals surface area contributed by atoms with Crippen molar-refractivity contribution in [1.29, 1.82) is 0 Å². The Morgan fingerprint density at radius 2 is 1.51 bits per heavy atom. The predicted octanol–water partition coefficient (Wildman–Crippen LogP) is 6.26. The van der Waals surface area contributed by atoms with Gasteiger partial charge in [0.05, 0.1) is 39.7 Å².